The van der Waals surface area contributed by atoms with Crippen LogP contribution in [0.1, 0.15) is 31.7 Å². The maximum Gasteiger partial charge on any atom is 0.227 e. The summed E-state index contributed by atoms with van der Waals surface area (Å²) in [6.45, 7) is 1.88. The minimum atomic E-state index is -0.113. The van der Waals surface area contributed by atoms with E-state index >= 15 is 0 Å². The van der Waals surface area contributed by atoms with Crippen LogP contribution in [0.3, 0.4) is 0 Å². The van der Waals surface area contributed by atoms with Crippen LogP contribution in [0.2, 0.25) is 0 Å². The van der Waals surface area contributed by atoms with Gasteiger partial charge in [-0.05, 0) is 37.0 Å². The summed E-state index contributed by atoms with van der Waals surface area (Å²) >= 11 is 0. The van der Waals surface area contributed by atoms with Gasteiger partial charge in [-0.25, -0.2) is 0 Å². The van der Waals surface area contributed by atoms with Gasteiger partial charge < -0.3 is 15.3 Å². The maximum absolute atomic E-state index is 12.3. The summed E-state index contributed by atoms with van der Waals surface area (Å²) in [5.41, 5.74) is 1.64. The smallest absolute Gasteiger partial charge is 0.227 e. The Bertz CT molecular complexity index is 495. The Kier molecular flexibility index (Phi) is 5.33. The van der Waals surface area contributed by atoms with Gasteiger partial charge in [0.25, 0.3) is 0 Å². The third-order valence-electron chi connectivity index (χ3n) is 3.81. The van der Waals surface area contributed by atoms with Crippen molar-refractivity contribution in [3.63, 3.8) is 0 Å². The molecule has 21 heavy (non-hydrogen) atoms. The molecule has 0 saturated heterocycles. The number of hydrogen-bond donors (Lipinski definition) is 2. The third kappa shape index (κ3) is 4.29. The molecule has 1 aliphatic carbocycles. The van der Waals surface area contributed by atoms with Gasteiger partial charge in [0.05, 0.1) is 13.0 Å². The molecule has 0 bridgehead atoms. The van der Waals surface area contributed by atoms with Crippen molar-refractivity contribution >= 4 is 17.5 Å². The van der Waals surface area contributed by atoms with Crippen molar-refractivity contribution in [3.05, 3.63) is 29.8 Å². The van der Waals surface area contributed by atoms with Crippen molar-refractivity contribution in [3.8, 4) is 0 Å². The predicted octanol–water partition coefficient (Wildman–Crippen LogP) is 1.56. The minimum Gasteiger partial charge on any atom is -0.395 e. The monoisotopic (exact) mass is 290 g/mol. The van der Waals surface area contributed by atoms with Crippen LogP contribution in [-0.4, -0.2) is 41.0 Å². The van der Waals surface area contributed by atoms with E-state index in [0.717, 1.165) is 30.5 Å². The highest BCUT2D eigenvalue weighted by atomic mass is 16.3. The quantitative estimate of drug-likeness (QED) is 0.835. The van der Waals surface area contributed by atoms with E-state index in [2.05, 4.69) is 5.32 Å². The molecule has 2 N–H and O–H groups in total. The summed E-state index contributed by atoms with van der Waals surface area (Å²) in [6, 6.07) is 7.58. The zero-order valence-electron chi connectivity index (χ0n) is 12.3. The lowest BCUT2D eigenvalue weighted by molar-refractivity contribution is -0.135. The van der Waals surface area contributed by atoms with Crippen LogP contribution in [0.15, 0.2) is 24.3 Å². The fourth-order valence-electron chi connectivity index (χ4n) is 2.50. The number of aliphatic hydroxyl groups excluding tert-OH is 1. The number of benzene rings is 1. The van der Waals surface area contributed by atoms with Gasteiger partial charge in [-0.3, -0.25) is 9.59 Å². The van der Waals surface area contributed by atoms with Crippen molar-refractivity contribution in [1.82, 2.24) is 4.90 Å². The number of carbonyl (C=O) groups excluding carboxylic acids is 2. The lowest BCUT2D eigenvalue weighted by Crippen LogP contribution is -2.46. The molecule has 5 heteroatoms. The summed E-state index contributed by atoms with van der Waals surface area (Å²) in [5, 5.41) is 11.8. The van der Waals surface area contributed by atoms with Crippen molar-refractivity contribution in [1.29, 1.82) is 0 Å². The molecule has 1 aliphatic rings. The van der Waals surface area contributed by atoms with Crippen LogP contribution in [0.25, 0.3) is 0 Å². The van der Waals surface area contributed by atoms with Crippen LogP contribution in [-0.2, 0) is 16.0 Å². The number of anilines is 1. The predicted molar refractivity (Wildman–Crippen MR) is 80.9 cm³/mol. The van der Waals surface area contributed by atoms with Crippen LogP contribution in [0.5, 0.6) is 0 Å². The minimum absolute atomic E-state index is 0.00368. The maximum atomic E-state index is 12.3. The molecule has 0 heterocycles. The first-order chi connectivity index (χ1) is 10.1. The van der Waals surface area contributed by atoms with E-state index in [1.165, 1.54) is 6.92 Å². The van der Waals surface area contributed by atoms with Crippen LogP contribution in [0.4, 0.5) is 5.69 Å². The van der Waals surface area contributed by atoms with E-state index in [-0.39, 0.29) is 18.4 Å². The van der Waals surface area contributed by atoms with E-state index in [1.54, 1.807) is 17.0 Å². The molecule has 2 amide bonds. The molecule has 1 aromatic rings. The SMILES string of the molecule is CC(=O)Nc1ccc(CC(=O)N(CCO)C2CCC2)cc1. The Labute approximate surface area is 125 Å². The molecule has 0 spiro atoms. The molecule has 0 radical (unpaired) electrons. The van der Waals surface area contributed by atoms with Crippen molar-refractivity contribution in [2.24, 2.45) is 0 Å². The molecule has 0 aliphatic heterocycles. The average Bonchev–Trinajstić information content (AvgIpc) is 2.38. The van der Waals surface area contributed by atoms with Gasteiger partial charge in [-0.15, -0.1) is 0 Å². The summed E-state index contributed by atoms with van der Waals surface area (Å²) in [6.07, 6.45) is 3.56. The van der Waals surface area contributed by atoms with Crippen molar-refractivity contribution < 1.29 is 14.7 Å². The van der Waals surface area contributed by atoms with Gasteiger partial charge >= 0.3 is 0 Å². The summed E-state index contributed by atoms with van der Waals surface area (Å²) in [4.78, 5) is 25.1. The topological polar surface area (TPSA) is 69.6 Å². The van der Waals surface area contributed by atoms with Crippen molar-refractivity contribution in [2.75, 3.05) is 18.5 Å². The van der Waals surface area contributed by atoms with E-state index in [0.29, 0.717) is 19.0 Å². The number of carbonyl (C=O) groups is 2. The molecule has 5 nitrogen and oxygen atoms in total. The highest BCUT2D eigenvalue weighted by Crippen LogP contribution is 2.25. The normalized spacial score (nSPS) is 14.4. The Hall–Kier alpha value is -1.88. The highest BCUT2D eigenvalue weighted by Gasteiger charge is 2.28. The molecule has 0 atom stereocenters. The molecule has 2 rings (SSSR count). The summed E-state index contributed by atoms with van der Waals surface area (Å²) in [5.74, 6) is -0.0565. The summed E-state index contributed by atoms with van der Waals surface area (Å²) < 4.78 is 0. The first-order valence-corrected chi connectivity index (χ1v) is 7.37. The molecule has 1 fully saturated rings. The van der Waals surface area contributed by atoms with Crippen LogP contribution >= 0.6 is 0 Å². The molecular formula is C16H22N2O3. The Morgan fingerprint density at radius 2 is 1.95 bits per heavy atom. The second-order valence-electron chi connectivity index (χ2n) is 5.45. The zero-order chi connectivity index (χ0) is 15.2. The first kappa shape index (κ1) is 15.5. The standard InChI is InChI=1S/C16H22N2O3/c1-12(20)17-14-7-5-13(6-8-14)11-16(21)18(9-10-19)15-3-2-4-15/h5-8,15,19H,2-4,9-11H2,1H3,(H,17,20). The van der Waals surface area contributed by atoms with Gasteiger partial charge in [0.1, 0.15) is 0 Å². The Morgan fingerprint density at radius 1 is 1.29 bits per heavy atom. The molecular weight excluding hydrogens is 268 g/mol. The molecule has 1 saturated carbocycles. The van der Waals surface area contributed by atoms with E-state index in [9.17, 15) is 9.59 Å². The van der Waals surface area contributed by atoms with E-state index < -0.39 is 0 Å². The number of amides is 2. The first-order valence-electron chi connectivity index (χ1n) is 7.37. The van der Waals surface area contributed by atoms with E-state index in [1.807, 2.05) is 12.1 Å². The Balaban J connectivity index is 1.95. The highest BCUT2D eigenvalue weighted by molar-refractivity contribution is 5.88. The van der Waals surface area contributed by atoms with Gasteiger partial charge in [0.2, 0.25) is 11.8 Å². The number of hydrogen-bond acceptors (Lipinski definition) is 3. The van der Waals surface area contributed by atoms with Crippen LogP contribution in [0, 0.1) is 0 Å². The summed E-state index contributed by atoms with van der Waals surface area (Å²) in [7, 11) is 0. The fourth-order valence-corrected chi connectivity index (χ4v) is 2.50. The zero-order valence-corrected chi connectivity index (χ0v) is 12.3. The van der Waals surface area contributed by atoms with Gasteiger partial charge in [0, 0.05) is 25.2 Å². The fraction of sp³-hybridized carbons (Fsp3) is 0.500. The van der Waals surface area contributed by atoms with Gasteiger partial charge in [-0.1, -0.05) is 12.1 Å². The van der Waals surface area contributed by atoms with Crippen LogP contribution < -0.4 is 5.32 Å². The van der Waals surface area contributed by atoms with Crippen molar-refractivity contribution in [2.45, 2.75) is 38.6 Å². The second-order valence-corrected chi connectivity index (χ2v) is 5.45. The second kappa shape index (κ2) is 7.22. The largest absolute Gasteiger partial charge is 0.395 e. The molecule has 0 unspecified atom stereocenters. The number of nitrogens with one attached hydrogen (secondary N) is 1. The molecule has 1 aromatic carbocycles. The van der Waals surface area contributed by atoms with Gasteiger partial charge in [0.15, 0.2) is 0 Å². The third-order valence-corrected chi connectivity index (χ3v) is 3.81. The number of aliphatic hydroxyl groups is 1. The van der Waals surface area contributed by atoms with Gasteiger partial charge in [-0.2, -0.15) is 0 Å². The molecule has 0 aromatic heterocycles. The van der Waals surface area contributed by atoms with E-state index in [4.69, 9.17) is 5.11 Å². The number of nitrogens with zero attached hydrogens (tertiary/aromatic N) is 1. The number of rotatable bonds is 6. The molecule has 114 valence electrons. The lowest BCUT2D eigenvalue weighted by Gasteiger charge is -2.37. The lowest BCUT2D eigenvalue weighted by atomic mass is 9.91. The Morgan fingerprint density at radius 3 is 2.43 bits per heavy atom. The average molecular weight is 290 g/mol.